The van der Waals surface area contributed by atoms with Gasteiger partial charge in [0.05, 0.1) is 11.4 Å². The zero-order chi connectivity index (χ0) is 27.8. The third-order valence-corrected chi connectivity index (χ3v) is 7.77. The molecule has 0 amide bonds. The number of para-hydroxylation sites is 3. The van der Waals surface area contributed by atoms with Gasteiger partial charge in [0.25, 0.3) is 0 Å². The zero-order valence-electron chi connectivity index (χ0n) is 22.8. The highest BCUT2D eigenvalue weighted by atomic mass is 16.1. The molecule has 3 aromatic heterocycles. The van der Waals surface area contributed by atoms with Crippen molar-refractivity contribution >= 4 is 33.3 Å². The van der Waals surface area contributed by atoms with Crippen LogP contribution in [0.1, 0.15) is 33.1 Å². The van der Waals surface area contributed by atoms with Crippen LogP contribution in [0, 0.1) is 6.92 Å². The molecule has 0 saturated carbocycles. The van der Waals surface area contributed by atoms with Crippen LogP contribution in [0.25, 0.3) is 27.5 Å². The molecule has 0 radical (unpaired) electrons. The molecular weight excluding hydrogens is 508 g/mol. The van der Waals surface area contributed by atoms with E-state index in [1.54, 1.807) is 0 Å². The lowest BCUT2D eigenvalue weighted by Gasteiger charge is -2.18. The smallest absolute Gasteiger partial charge is 0.229 e. The molecule has 1 aliphatic carbocycles. The van der Waals surface area contributed by atoms with E-state index in [-0.39, 0.29) is 5.78 Å². The number of H-pyrrole nitrogens is 2. The van der Waals surface area contributed by atoms with Crippen LogP contribution in [0.3, 0.4) is 0 Å². The van der Waals surface area contributed by atoms with Gasteiger partial charge < -0.3 is 15.3 Å². The monoisotopic (exact) mass is 538 g/mol. The number of aliphatic imine (C=N–C) groups is 1. The number of carbonyl (C=O) groups excluding carboxylic acids is 1. The number of fused-ring (bicyclic) bond motifs is 3. The molecule has 3 aromatic carbocycles. The number of hydrogen-bond donors (Lipinski definition) is 3. The Morgan fingerprint density at radius 3 is 2.17 bits per heavy atom. The van der Waals surface area contributed by atoms with Crippen LogP contribution in [0.2, 0.25) is 0 Å². The fourth-order valence-electron chi connectivity index (χ4n) is 5.78. The number of aryl methyl sites for hydroxylation is 1. The van der Waals surface area contributed by atoms with Gasteiger partial charge in [0.15, 0.2) is 0 Å². The SMILES string of the molecule is Cc1nc2c(n1-c1ccccc1)C(=NCCc1c[nH]c3ccccc13)C=C(NCCc1c[nH]c3ccccc13)C2=O. The molecule has 0 spiro atoms. The molecule has 0 fully saturated rings. The van der Waals surface area contributed by atoms with Crippen molar-refractivity contribution in [1.82, 2.24) is 24.8 Å². The molecule has 41 heavy (non-hydrogen) atoms. The van der Waals surface area contributed by atoms with Gasteiger partial charge in [-0.3, -0.25) is 14.4 Å². The summed E-state index contributed by atoms with van der Waals surface area (Å²) >= 11 is 0. The topological polar surface area (TPSA) is 90.9 Å². The van der Waals surface area contributed by atoms with Crippen molar-refractivity contribution in [3.63, 3.8) is 0 Å². The molecule has 7 rings (SSSR count). The highest BCUT2D eigenvalue weighted by molar-refractivity contribution is 6.24. The molecule has 7 heteroatoms. The van der Waals surface area contributed by atoms with E-state index < -0.39 is 0 Å². The van der Waals surface area contributed by atoms with E-state index in [9.17, 15) is 4.79 Å². The number of hydrogen-bond acceptors (Lipinski definition) is 4. The number of ketones is 1. The average molecular weight is 539 g/mol. The van der Waals surface area contributed by atoms with E-state index in [4.69, 9.17) is 9.98 Å². The minimum Gasteiger partial charge on any atom is -0.381 e. The van der Waals surface area contributed by atoms with Crippen LogP contribution in [0.5, 0.6) is 0 Å². The molecule has 3 N–H and O–H groups in total. The van der Waals surface area contributed by atoms with Gasteiger partial charge in [0, 0.05) is 53.0 Å². The normalized spacial score (nSPS) is 14.1. The lowest BCUT2D eigenvalue weighted by atomic mass is 10.0. The highest BCUT2D eigenvalue weighted by Gasteiger charge is 2.31. The Labute approximate surface area is 237 Å². The summed E-state index contributed by atoms with van der Waals surface area (Å²) in [4.78, 5) is 30.2. The summed E-state index contributed by atoms with van der Waals surface area (Å²) in [6.45, 7) is 3.14. The molecule has 0 bridgehead atoms. The first-order chi connectivity index (χ1) is 20.2. The molecule has 0 unspecified atom stereocenters. The lowest BCUT2D eigenvalue weighted by molar-refractivity contribution is 0.102. The van der Waals surface area contributed by atoms with Crippen molar-refractivity contribution < 1.29 is 4.79 Å². The minimum absolute atomic E-state index is 0.104. The number of aromatic nitrogens is 4. The first-order valence-corrected chi connectivity index (χ1v) is 14.0. The summed E-state index contributed by atoms with van der Waals surface area (Å²) in [5.41, 5.74) is 8.13. The predicted octanol–water partition coefficient (Wildman–Crippen LogP) is 6.09. The Bertz CT molecular complexity index is 1950. The molecule has 1 aliphatic rings. The van der Waals surface area contributed by atoms with Gasteiger partial charge >= 0.3 is 0 Å². The molecule has 6 aromatic rings. The number of Topliss-reactive ketones (excluding diaryl/α,β-unsaturated/α-hetero) is 1. The second kappa shape index (κ2) is 10.4. The molecular formula is C34H30N6O. The molecule has 3 heterocycles. The van der Waals surface area contributed by atoms with Crippen molar-refractivity contribution in [3.05, 3.63) is 131 Å². The quantitative estimate of drug-likeness (QED) is 0.219. The Hall–Kier alpha value is -5.17. The first kappa shape index (κ1) is 24.8. The molecule has 0 atom stereocenters. The number of rotatable bonds is 8. The van der Waals surface area contributed by atoms with E-state index in [0.717, 1.165) is 46.8 Å². The summed E-state index contributed by atoms with van der Waals surface area (Å²) in [6, 6.07) is 26.6. The standard InChI is InChI=1S/C34H30N6O/c1-22-39-32-33(40(22)25-9-3-2-4-10-25)30(35-17-15-23-20-37-28-13-7-5-11-26(23)28)19-31(34(32)41)36-18-16-24-21-38-29-14-8-6-12-27(24)29/h2-14,19-21,36-38H,15-18H2,1H3. The van der Waals surface area contributed by atoms with Crippen LogP contribution in [0.4, 0.5) is 0 Å². The van der Waals surface area contributed by atoms with E-state index >= 15 is 0 Å². The molecule has 0 aliphatic heterocycles. The average Bonchev–Trinajstić information content (AvgIpc) is 3.71. The summed E-state index contributed by atoms with van der Waals surface area (Å²) < 4.78 is 2.04. The van der Waals surface area contributed by atoms with Crippen molar-refractivity contribution in [2.45, 2.75) is 19.8 Å². The number of nitrogens with one attached hydrogen (secondary N) is 3. The van der Waals surface area contributed by atoms with E-state index in [2.05, 4.69) is 51.8 Å². The van der Waals surface area contributed by atoms with E-state index in [0.29, 0.717) is 24.5 Å². The Kier molecular flexibility index (Phi) is 6.32. The lowest BCUT2D eigenvalue weighted by Crippen LogP contribution is -2.29. The maximum atomic E-state index is 13.7. The molecule has 7 nitrogen and oxygen atoms in total. The van der Waals surface area contributed by atoms with Crippen molar-refractivity contribution in [3.8, 4) is 5.69 Å². The van der Waals surface area contributed by atoms with Gasteiger partial charge in [0.1, 0.15) is 17.2 Å². The highest BCUT2D eigenvalue weighted by Crippen LogP contribution is 2.26. The number of benzene rings is 3. The van der Waals surface area contributed by atoms with Crippen molar-refractivity contribution in [1.29, 1.82) is 0 Å². The maximum absolute atomic E-state index is 13.7. The number of imidazole rings is 1. The summed E-state index contributed by atoms with van der Waals surface area (Å²) in [7, 11) is 0. The fraction of sp³-hybridized carbons (Fsp3) is 0.147. The van der Waals surface area contributed by atoms with E-state index in [1.165, 1.54) is 21.9 Å². The van der Waals surface area contributed by atoms with Crippen LogP contribution < -0.4 is 5.32 Å². The zero-order valence-corrected chi connectivity index (χ0v) is 22.8. The minimum atomic E-state index is -0.104. The van der Waals surface area contributed by atoms with Gasteiger partial charge in [-0.15, -0.1) is 0 Å². The van der Waals surface area contributed by atoms with Gasteiger partial charge in [0.2, 0.25) is 5.78 Å². The van der Waals surface area contributed by atoms with Gasteiger partial charge in [-0.05, 0) is 61.2 Å². The summed E-state index contributed by atoms with van der Waals surface area (Å²) in [5.74, 6) is 0.652. The fourth-order valence-corrected chi connectivity index (χ4v) is 5.78. The second-order valence-corrected chi connectivity index (χ2v) is 10.3. The third kappa shape index (κ3) is 4.55. The Balaban J connectivity index is 1.20. The van der Waals surface area contributed by atoms with Crippen molar-refractivity contribution in [2.75, 3.05) is 13.1 Å². The van der Waals surface area contributed by atoms with Crippen LogP contribution >= 0.6 is 0 Å². The van der Waals surface area contributed by atoms with Crippen LogP contribution in [-0.4, -0.2) is 44.1 Å². The summed E-state index contributed by atoms with van der Waals surface area (Å²) in [6.07, 6.45) is 7.57. The number of allylic oxidation sites excluding steroid dienone is 2. The van der Waals surface area contributed by atoms with Gasteiger partial charge in [-0.25, -0.2) is 4.98 Å². The number of carbonyl (C=O) groups is 1. The largest absolute Gasteiger partial charge is 0.381 e. The predicted molar refractivity (Wildman–Crippen MR) is 164 cm³/mol. The van der Waals surface area contributed by atoms with Crippen molar-refractivity contribution in [2.24, 2.45) is 4.99 Å². The second-order valence-electron chi connectivity index (χ2n) is 10.3. The molecule has 0 saturated heterocycles. The molecule has 202 valence electrons. The number of nitrogens with zero attached hydrogens (tertiary/aromatic N) is 3. The maximum Gasteiger partial charge on any atom is 0.229 e. The summed E-state index contributed by atoms with van der Waals surface area (Å²) in [5, 5.41) is 5.83. The van der Waals surface area contributed by atoms with Gasteiger partial charge in [-0.1, -0.05) is 54.6 Å². The first-order valence-electron chi connectivity index (χ1n) is 14.0. The van der Waals surface area contributed by atoms with E-state index in [1.807, 2.05) is 72.3 Å². The Morgan fingerprint density at radius 2 is 1.46 bits per heavy atom. The number of aromatic amines is 2. The van der Waals surface area contributed by atoms with Crippen LogP contribution in [0.15, 0.2) is 108 Å². The third-order valence-electron chi connectivity index (χ3n) is 7.77. The van der Waals surface area contributed by atoms with Crippen LogP contribution in [-0.2, 0) is 12.8 Å². The Morgan fingerprint density at radius 1 is 0.829 bits per heavy atom. The van der Waals surface area contributed by atoms with Gasteiger partial charge in [-0.2, -0.15) is 0 Å².